The molecule has 1 aromatic rings. The SMILES string of the molecule is CCCCC(CCBr)(NC(=O)OCc1ccccc1)C(=O)O. The molecule has 122 valence electrons. The lowest BCUT2D eigenvalue weighted by atomic mass is 9.90. The number of carbonyl (C=O) groups is 2. The molecule has 0 bridgehead atoms. The van der Waals surface area contributed by atoms with Crippen LogP contribution in [0.4, 0.5) is 4.79 Å². The van der Waals surface area contributed by atoms with E-state index in [1.54, 1.807) is 0 Å². The van der Waals surface area contributed by atoms with Crippen LogP contribution < -0.4 is 5.32 Å². The molecule has 22 heavy (non-hydrogen) atoms. The second-order valence-electron chi connectivity index (χ2n) is 5.12. The number of nitrogens with one attached hydrogen (secondary N) is 1. The third-order valence-electron chi connectivity index (χ3n) is 3.44. The lowest BCUT2D eigenvalue weighted by Gasteiger charge is -2.29. The first-order chi connectivity index (χ1) is 10.5. The molecular weight excluding hydrogens is 350 g/mol. The molecule has 0 radical (unpaired) electrons. The standard InChI is InChI=1S/C16H22BrNO4/c1-2-3-9-16(10-11-17,14(19)20)18-15(21)22-12-13-7-5-4-6-8-13/h4-8H,2-3,9-12H2,1H3,(H,18,21)(H,19,20). The largest absolute Gasteiger partial charge is 0.480 e. The van der Waals surface area contributed by atoms with Crippen LogP contribution in [0.3, 0.4) is 0 Å². The Labute approximate surface area is 139 Å². The minimum atomic E-state index is -1.28. The van der Waals surface area contributed by atoms with Crippen molar-refractivity contribution in [3.63, 3.8) is 0 Å². The molecule has 0 fully saturated rings. The van der Waals surface area contributed by atoms with Crippen LogP contribution in [0.5, 0.6) is 0 Å². The minimum Gasteiger partial charge on any atom is -0.480 e. The van der Waals surface area contributed by atoms with Crippen LogP contribution >= 0.6 is 15.9 Å². The number of carboxylic acids is 1. The van der Waals surface area contributed by atoms with Crippen LogP contribution in [0.2, 0.25) is 0 Å². The molecule has 6 heteroatoms. The van der Waals surface area contributed by atoms with Crippen molar-refractivity contribution in [3.05, 3.63) is 35.9 Å². The molecule has 0 saturated carbocycles. The van der Waals surface area contributed by atoms with Crippen molar-refractivity contribution in [2.45, 2.75) is 44.8 Å². The number of rotatable bonds is 9. The zero-order chi connectivity index (χ0) is 16.4. The van der Waals surface area contributed by atoms with Crippen molar-refractivity contribution in [3.8, 4) is 0 Å². The summed E-state index contributed by atoms with van der Waals surface area (Å²) in [6.45, 7) is 2.10. The van der Waals surface area contributed by atoms with Crippen LogP contribution in [-0.2, 0) is 16.1 Å². The van der Waals surface area contributed by atoms with E-state index < -0.39 is 17.6 Å². The fourth-order valence-electron chi connectivity index (χ4n) is 2.11. The molecule has 5 nitrogen and oxygen atoms in total. The van der Waals surface area contributed by atoms with E-state index >= 15 is 0 Å². The maximum absolute atomic E-state index is 12.0. The molecule has 0 spiro atoms. The quantitative estimate of drug-likeness (QED) is 0.648. The fraction of sp³-hybridized carbons (Fsp3) is 0.500. The molecule has 0 saturated heterocycles. The summed E-state index contributed by atoms with van der Waals surface area (Å²) in [6.07, 6.45) is 1.56. The number of hydrogen-bond donors (Lipinski definition) is 2. The number of aliphatic carboxylic acids is 1. The highest BCUT2D eigenvalue weighted by Gasteiger charge is 2.39. The molecule has 1 aromatic carbocycles. The van der Waals surface area contributed by atoms with Crippen LogP contribution in [0.1, 0.15) is 38.2 Å². The Kier molecular flexibility index (Phi) is 7.95. The van der Waals surface area contributed by atoms with E-state index in [4.69, 9.17) is 4.74 Å². The summed E-state index contributed by atoms with van der Waals surface area (Å²) in [7, 11) is 0. The van der Waals surface area contributed by atoms with Gasteiger partial charge in [0.1, 0.15) is 12.1 Å². The van der Waals surface area contributed by atoms with Gasteiger partial charge in [-0.3, -0.25) is 0 Å². The highest BCUT2D eigenvalue weighted by Crippen LogP contribution is 2.21. The second kappa shape index (κ2) is 9.46. The highest BCUT2D eigenvalue weighted by atomic mass is 79.9. The number of ether oxygens (including phenoxy) is 1. The van der Waals surface area contributed by atoms with Gasteiger partial charge in [-0.2, -0.15) is 0 Å². The van der Waals surface area contributed by atoms with Crippen molar-refractivity contribution in [2.75, 3.05) is 5.33 Å². The molecule has 1 amide bonds. The third kappa shape index (κ3) is 5.67. The Balaban J connectivity index is 2.66. The van der Waals surface area contributed by atoms with Crippen molar-refractivity contribution in [1.82, 2.24) is 5.32 Å². The Morgan fingerprint density at radius 2 is 1.95 bits per heavy atom. The van der Waals surface area contributed by atoms with Gasteiger partial charge in [0.25, 0.3) is 0 Å². The normalized spacial score (nSPS) is 13.2. The van der Waals surface area contributed by atoms with E-state index in [9.17, 15) is 14.7 Å². The van der Waals surface area contributed by atoms with Gasteiger partial charge in [0, 0.05) is 5.33 Å². The van der Waals surface area contributed by atoms with Gasteiger partial charge in [0.15, 0.2) is 0 Å². The van der Waals surface area contributed by atoms with Gasteiger partial charge in [0.2, 0.25) is 0 Å². The average Bonchev–Trinajstić information content (AvgIpc) is 2.51. The van der Waals surface area contributed by atoms with Crippen molar-refractivity contribution >= 4 is 28.0 Å². The van der Waals surface area contributed by atoms with E-state index in [1.807, 2.05) is 37.3 Å². The van der Waals surface area contributed by atoms with Crippen molar-refractivity contribution in [2.24, 2.45) is 0 Å². The molecule has 0 aliphatic carbocycles. The topological polar surface area (TPSA) is 75.6 Å². The van der Waals surface area contributed by atoms with Crippen molar-refractivity contribution in [1.29, 1.82) is 0 Å². The molecule has 2 N–H and O–H groups in total. The van der Waals surface area contributed by atoms with Gasteiger partial charge in [-0.15, -0.1) is 0 Å². The van der Waals surface area contributed by atoms with Gasteiger partial charge >= 0.3 is 12.1 Å². The van der Waals surface area contributed by atoms with E-state index in [-0.39, 0.29) is 6.61 Å². The first-order valence-electron chi connectivity index (χ1n) is 7.32. The highest BCUT2D eigenvalue weighted by molar-refractivity contribution is 9.09. The monoisotopic (exact) mass is 371 g/mol. The summed E-state index contributed by atoms with van der Waals surface area (Å²) in [5, 5.41) is 12.6. The van der Waals surface area contributed by atoms with Crippen LogP contribution in [0.15, 0.2) is 30.3 Å². The number of alkyl carbamates (subject to hydrolysis) is 1. The second-order valence-corrected chi connectivity index (χ2v) is 5.91. The summed E-state index contributed by atoms with van der Waals surface area (Å²) in [6, 6.07) is 9.26. The fourth-order valence-corrected chi connectivity index (χ4v) is 2.79. The number of carboxylic acid groups (broad SMARTS) is 1. The van der Waals surface area contributed by atoms with E-state index in [2.05, 4.69) is 21.2 Å². The molecular formula is C16H22BrNO4. The van der Waals surface area contributed by atoms with Gasteiger partial charge in [-0.1, -0.05) is 66.0 Å². The number of alkyl halides is 1. The summed E-state index contributed by atoms with van der Waals surface area (Å²) in [4.78, 5) is 23.6. The number of carbonyl (C=O) groups excluding carboxylic acids is 1. The minimum absolute atomic E-state index is 0.116. The Hall–Kier alpha value is -1.56. The maximum atomic E-state index is 12.0. The third-order valence-corrected chi connectivity index (χ3v) is 3.84. The van der Waals surface area contributed by atoms with E-state index in [0.717, 1.165) is 18.4 Å². The zero-order valence-corrected chi connectivity index (χ0v) is 14.3. The molecule has 1 rings (SSSR count). The number of unbranched alkanes of at least 4 members (excludes halogenated alkanes) is 1. The Morgan fingerprint density at radius 3 is 2.50 bits per heavy atom. The summed E-state index contributed by atoms with van der Waals surface area (Å²) >= 11 is 3.26. The Bertz CT molecular complexity index is 480. The lowest BCUT2D eigenvalue weighted by molar-refractivity contribution is -0.145. The van der Waals surface area contributed by atoms with Gasteiger partial charge in [-0.25, -0.2) is 9.59 Å². The molecule has 0 aliphatic heterocycles. The number of hydrogen-bond acceptors (Lipinski definition) is 3. The molecule has 1 unspecified atom stereocenters. The van der Waals surface area contributed by atoms with E-state index in [0.29, 0.717) is 18.2 Å². The maximum Gasteiger partial charge on any atom is 0.408 e. The summed E-state index contributed by atoms with van der Waals surface area (Å²) in [5.74, 6) is -1.03. The van der Waals surface area contributed by atoms with Crippen LogP contribution in [0.25, 0.3) is 0 Å². The number of amides is 1. The molecule has 0 aromatic heterocycles. The molecule has 1 atom stereocenters. The van der Waals surface area contributed by atoms with Gasteiger partial charge in [-0.05, 0) is 18.4 Å². The molecule has 0 aliphatic rings. The van der Waals surface area contributed by atoms with Crippen LogP contribution in [-0.4, -0.2) is 28.0 Å². The summed E-state index contributed by atoms with van der Waals surface area (Å²) in [5.41, 5.74) is -0.430. The number of halogens is 1. The predicted molar refractivity (Wildman–Crippen MR) is 88.1 cm³/mol. The predicted octanol–water partition coefficient (Wildman–Crippen LogP) is 3.71. The lowest BCUT2D eigenvalue weighted by Crippen LogP contribution is -2.55. The summed E-state index contributed by atoms with van der Waals surface area (Å²) < 4.78 is 5.13. The smallest absolute Gasteiger partial charge is 0.408 e. The van der Waals surface area contributed by atoms with Gasteiger partial charge < -0.3 is 15.2 Å². The number of benzene rings is 1. The van der Waals surface area contributed by atoms with Gasteiger partial charge in [0.05, 0.1) is 0 Å². The zero-order valence-electron chi connectivity index (χ0n) is 12.7. The Morgan fingerprint density at radius 1 is 1.27 bits per heavy atom. The molecule has 0 heterocycles. The van der Waals surface area contributed by atoms with Crippen LogP contribution in [0, 0.1) is 0 Å². The first-order valence-corrected chi connectivity index (χ1v) is 8.44. The van der Waals surface area contributed by atoms with E-state index in [1.165, 1.54) is 0 Å². The first kappa shape index (κ1) is 18.5. The average molecular weight is 372 g/mol. The van der Waals surface area contributed by atoms with Crippen molar-refractivity contribution < 1.29 is 19.4 Å².